The molecule has 0 atom stereocenters. The number of anilines is 1. The van der Waals surface area contributed by atoms with Gasteiger partial charge in [0.25, 0.3) is 5.69 Å². The van der Waals surface area contributed by atoms with Crippen LogP contribution >= 0.6 is 0 Å². The maximum absolute atomic E-state index is 13.2. The quantitative estimate of drug-likeness (QED) is 0.594. The van der Waals surface area contributed by atoms with Crippen molar-refractivity contribution < 1.29 is 14.1 Å². The largest absolute Gasteiger partial charge is 0.384 e. The van der Waals surface area contributed by atoms with Crippen molar-refractivity contribution >= 4 is 17.3 Å². The van der Waals surface area contributed by atoms with Gasteiger partial charge < -0.3 is 10.6 Å². The smallest absolute Gasteiger partial charge is 0.274 e. The molecule has 0 saturated heterocycles. The summed E-state index contributed by atoms with van der Waals surface area (Å²) in [4.78, 5) is 21.4. The Morgan fingerprint density at radius 3 is 2.70 bits per heavy atom. The van der Waals surface area contributed by atoms with E-state index in [0.717, 1.165) is 12.1 Å². The highest BCUT2D eigenvalue weighted by atomic mass is 19.1. The second-order valence-corrected chi connectivity index (χ2v) is 4.83. The number of non-ortho nitro benzene ring substituents is 1. The van der Waals surface area contributed by atoms with Gasteiger partial charge in [0.1, 0.15) is 5.82 Å². The molecule has 1 aromatic carbocycles. The third-order valence-corrected chi connectivity index (χ3v) is 2.48. The predicted octanol–water partition coefficient (Wildman–Crippen LogP) is 2.31. The van der Waals surface area contributed by atoms with Gasteiger partial charge in [-0.3, -0.25) is 14.9 Å². The molecule has 0 bridgehead atoms. The van der Waals surface area contributed by atoms with Gasteiger partial charge in [-0.05, 0) is 12.0 Å². The summed E-state index contributed by atoms with van der Waals surface area (Å²) in [5.41, 5.74) is -0.0369. The fourth-order valence-corrected chi connectivity index (χ4v) is 1.51. The van der Waals surface area contributed by atoms with Crippen molar-refractivity contribution in [3.63, 3.8) is 0 Å². The average Bonchev–Trinajstić information content (AvgIpc) is 2.35. The summed E-state index contributed by atoms with van der Waals surface area (Å²) < 4.78 is 13.2. The second kappa shape index (κ2) is 7.42. The molecule has 1 aromatic rings. The summed E-state index contributed by atoms with van der Waals surface area (Å²) in [5, 5.41) is 16.1. The number of nitrogens with one attached hydrogen (secondary N) is 2. The van der Waals surface area contributed by atoms with E-state index in [4.69, 9.17) is 0 Å². The Hall–Kier alpha value is -2.18. The van der Waals surface area contributed by atoms with Crippen molar-refractivity contribution in [2.75, 3.05) is 18.4 Å². The number of halogens is 1. The van der Waals surface area contributed by atoms with E-state index in [1.54, 1.807) is 0 Å². The van der Waals surface area contributed by atoms with Crippen LogP contribution in [-0.2, 0) is 4.79 Å². The number of carbonyl (C=O) groups is 1. The fraction of sp³-hybridized carbons (Fsp3) is 0.462. The van der Waals surface area contributed by atoms with Crippen LogP contribution in [0.2, 0.25) is 0 Å². The molecule has 1 amide bonds. The molecule has 0 aromatic heterocycles. The molecule has 0 saturated carbocycles. The van der Waals surface area contributed by atoms with Crippen LogP contribution in [0.1, 0.15) is 20.3 Å². The lowest BCUT2D eigenvalue weighted by atomic mass is 10.2. The summed E-state index contributed by atoms with van der Waals surface area (Å²) >= 11 is 0. The van der Waals surface area contributed by atoms with E-state index in [9.17, 15) is 19.3 Å². The first-order valence-electron chi connectivity index (χ1n) is 6.34. The van der Waals surface area contributed by atoms with E-state index in [2.05, 4.69) is 10.6 Å². The third kappa shape index (κ3) is 5.64. The monoisotopic (exact) mass is 283 g/mol. The second-order valence-electron chi connectivity index (χ2n) is 4.83. The molecule has 2 N–H and O–H groups in total. The molecule has 0 spiro atoms. The Balaban J connectivity index is 2.46. The maximum atomic E-state index is 13.2. The normalized spacial score (nSPS) is 10.4. The minimum Gasteiger partial charge on any atom is -0.384 e. The molecule has 20 heavy (non-hydrogen) atoms. The number of carbonyl (C=O) groups excluding carboxylic acids is 1. The Morgan fingerprint density at radius 1 is 1.40 bits per heavy atom. The van der Waals surface area contributed by atoms with E-state index < -0.39 is 10.7 Å². The first kappa shape index (κ1) is 15.9. The molecular weight excluding hydrogens is 265 g/mol. The molecule has 1 rings (SSSR count). The summed E-state index contributed by atoms with van der Waals surface area (Å²) in [6.45, 7) is 4.86. The molecule has 0 aliphatic rings. The van der Waals surface area contributed by atoms with Gasteiger partial charge in [-0.25, -0.2) is 4.39 Å². The van der Waals surface area contributed by atoms with Crippen LogP contribution in [0.3, 0.4) is 0 Å². The number of nitrogens with zero attached hydrogens (tertiary/aromatic N) is 1. The maximum Gasteiger partial charge on any atom is 0.274 e. The topological polar surface area (TPSA) is 84.3 Å². The lowest BCUT2D eigenvalue weighted by Crippen LogP contribution is -2.28. The molecule has 0 heterocycles. The number of benzene rings is 1. The summed E-state index contributed by atoms with van der Waals surface area (Å²) in [6.07, 6.45) is 0.219. The van der Waals surface area contributed by atoms with Crippen molar-refractivity contribution in [3.05, 3.63) is 34.1 Å². The van der Waals surface area contributed by atoms with E-state index in [1.165, 1.54) is 6.07 Å². The van der Waals surface area contributed by atoms with Gasteiger partial charge in [-0.2, -0.15) is 0 Å². The molecule has 0 fully saturated rings. The molecule has 0 aliphatic heterocycles. The number of nitro groups is 1. The van der Waals surface area contributed by atoms with Crippen LogP contribution in [-0.4, -0.2) is 23.9 Å². The molecule has 0 unspecified atom stereocenters. The molecule has 6 nitrogen and oxygen atoms in total. The predicted molar refractivity (Wildman–Crippen MR) is 74.0 cm³/mol. The number of hydrogen-bond acceptors (Lipinski definition) is 4. The lowest BCUT2D eigenvalue weighted by Gasteiger charge is -2.09. The van der Waals surface area contributed by atoms with Crippen molar-refractivity contribution in [2.24, 2.45) is 5.92 Å². The Bertz CT molecular complexity index is 492. The van der Waals surface area contributed by atoms with Crippen LogP contribution in [0, 0.1) is 21.8 Å². The van der Waals surface area contributed by atoms with E-state index in [-0.39, 0.29) is 30.2 Å². The van der Waals surface area contributed by atoms with Gasteiger partial charge in [0, 0.05) is 31.3 Å². The van der Waals surface area contributed by atoms with Gasteiger partial charge in [0.05, 0.1) is 11.0 Å². The van der Waals surface area contributed by atoms with Gasteiger partial charge in [-0.1, -0.05) is 13.8 Å². The SMILES string of the molecule is CC(C)CNC(=O)CCNc1cc(F)cc([N+](=O)[O-])c1. The Morgan fingerprint density at radius 2 is 2.10 bits per heavy atom. The first-order valence-corrected chi connectivity index (χ1v) is 6.34. The molecule has 0 radical (unpaired) electrons. The third-order valence-electron chi connectivity index (χ3n) is 2.48. The van der Waals surface area contributed by atoms with E-state index >= 15 is 0 Å². The van der Waals surface area contributed by atoms with Crippen molar-refractivity contribution in [2.45, 2.75) is 20.3 Å². The van der Waals surface area contributed by atoms with Gasteiger partial charge >= 0.3 is 0 Å². The molecule has 0 aliphatic carbocycles. The Kier molecular flexibility index (Phi) is 5.89. The minimum atomic E-state index is -0.689. The van der Waals surface area contributed by atoms with Crippen LogP contribution in [0.5, 0.6) is 0 Å². The van der Waals surface area contributed by atoms with Crippen molar-refractivity contribution in [3.8, 4) is 0 Å². The molecule has 110 valence electrons. The van der Waals surface area contributed by atoms with Gasteiger partial charge in [0.15, 0.2) is 0 Å². The van der Waals surface area contributed by atoms with Crippen LogP contribution in [0.15, 0.2) is 18.2 Å². The van der Waals surface area contributed by atoms with Crippen LogP contribution in [0.25, 0.3) is 0 Å². The van der Waals surface area contributed by atoms with Crippen molar-refractivity contribution in [1.29, 1.82) is 0 Å². The average molecular weight is 283 g/mol. The molecule has 7 heteroatoms. The summed E-state index contributed by atoms with van der Waals surface area (Å²) in [7, 11) is 0. The zero-order valence-corrected chi connectivity index (χ0v) is 11.5. The first-order chi connectivity index (χ1) is 9.38. The number of nitro benzene ring substituents is 1. The zero-order valence-electron chi connectivity index (χ0n) is 11.5. The van der Waals surface area contributed by atoms with E-state index in [0.29, 0.717) is 12.5 Å². The fourth-order valence-electron chi connectivity index (χ4n) is 1.51. The summed E-state index contributed by atoms with van der Waals surface area (Å²) in [5.74, 6) is -0.430. The molecular formula is C13H18FN3O3. The highest BCUT2D eigenvalue weighted by Crippen LogP contribution is 2.19. The number of amides is 1. The van der Waals surface area contributed by atoms with E-state index in [1.807, 2.05) is 13.8 Å². The van der Waals surface area contributed by atoms with Crippen LogP contribution < -0.4 is 10.6 Å². The highest BCUT2D eigenvalue weighted by Gasteiger charge is 2.10. The highest BCUT2D eigenvalue weighted by molar-refractivity contribution is 5.76. The Labute approximate surface area is 116 Å². The zero-order chi connectivity index (χ0) is 15.1. The van der Waals surface area contributed by atoms with Gasteiger partial charge in [0.2, 0.25) is 5.91 Å². The standard InChI is InChI=1S/C13H18FN3O3/c1-9(2)8-16-13(18)3-4-15-11-5-10(14)6-12(7-11)17(19)20/h5-7,9,15H,3-4,8H2,1-2H3,(H,16,18). The number of rotatable bonds is 7. The van der Waals surface area contributed by atoms with Gasteiger partial charge in [-0.15, -0.1) is 0 Å². The minimum absolute atomic E-state index is 0.114. The summed E-state index contributed by atoms with van der Waals surface area (Å²) in [6, 6.07) is 3.23. The lowest BCUT2D eigenvalue weighted by molar-refractivity contribution is -0.385. The number of hydrogen-bond donors (Lipinski definition) is 2. The van der Waals surface area contributed by atoms with Crippen LogP contribution in [0.4, 0.5) is 15.8 Å². The van der Waals surface area contributed by atoms with Crippen molar-refractivity contribution in [1.82, 2.24) is 5.32 Å².